The SMILES string of the molecule is CCC(C)NC(=O)CSc1nnc(-c2ccccn2)n1-c1ccccc1OC. The molecule has 2 heterocycles. The smallest absolute Gasteiger partial charge is 0.230 e. The molecule has 0 radical (unpaired) electrons. The van der Waals surface area contributed by atoms with Crippen LogP contribution >= 0.6 is 11.8 Å². The molecule has 0 aliphatic rings. The number of nitrogens with one attached hydrogen (secondary N) is 1. The van der Waals surface area contributed by atoms with E-state index in [2.05, 4.69) is 20.5 Å². The average Bonchev–Trinajstić information content (AvgIpc) is 3.16. The average molecular weight is 398 g/mol. The molecule has 2 aromatic heterocycles. The van der Waals surface area contributed by atoms with Crippen molar-refractivity contribution in [2.75, 3.05) is 12.9 Å². The second-order valence-corrected chi connectivity index (χ2v) is 7.14. The minimum Gasteiger partial charge on any atom is -0.495 e. The Morgan fingerprint density at radius 3 is 2.71 bits per heavy atom. The number of nitrogens with zero attached hydrogens (tertiary/aromatic N) is 4. The fourth-order valence-corrected chi connectivity index (χ4v) is 3.36. The lowest BCUT2D eigenvalue weighted by molar-refractivity contribution is -0.119. The molecule has 0 saturated heterocycles. The molecule has 1 atom stereocenters. The van der Waals surface area contributed by atoms with Gasteiger partial charge >= 0.3 is 0 Å². The number of pyridine rings is 1. The Bertz CT molecular complexity index is 929. The van der Waals surface area contributed by atoms with Gasteiger partial charge in [0.05, 0.1) is 18.6 Å². The van der Waals surface area contributed by atoms with Gasteiger partial charge in [0.1, 0.15) is 11.4 Å². The molecule has 1 N–H and O–H groups in total. The molecule has 28 heavy (non-hydrogen) atoms. The molecule has 3 aromatic rings. The first-order valence-electron chi connectivity index (χ1n) is 9.06. The highest BCUT2D eigenvalue weighted by atomic mass is 32.2. The number of hydrogen-bond donors (Lipinski definition) is 1. The van der Waals surface area contributed by atoms with E-state index < -0.39 is 0 Å². The third kappa shape index (κ3) is 4.51. The third-order valence-corrected chi connectivity index (χ3v) is 5.13. The van der Waals surface area contributed by atoms with Gasteiger partial charge < -0.3 is 10.1 Å². The van der Waals surface area contributed by atoms with Crippen molar-refractivity contribution in [1.29, 1.82) is 0 Å². The number of carbonyl (C=O) groups is 1. The minimum atomic E-state index is -0.0340. The van der Waals surface area contributed by atoms with E-state index in [4.69, 9.17) is 4.74 Å². The highest BCUT2D eigenvalue weighted by molar-refractivity contribution is 7.99. The van der Waals surface area contributed by atoms with Crippen LogP contribution in [0.25, 0.3) is 17.2 Å². The summed E-state index contributed by atoms with van der Waals surface area (Å²) in [6.07, 6.45) is 2.60. The van der Waals surface area contributed by atoms with Crippen LogP contribution in [0.4, 0.5) is 0 Å². The summed E-state index contributed by atoms with van der Waals surface area (Å²) in [6.45, 7) is 4.02. The second-order valence-electron chi connectivity index (χ2n) is 6.19. The van der Waals surface area contributed by atoms with Crippen molar-refractivity contribution in [1.82, 2.24) is 25.1 Å². The highest BCUT2D eigenvalue weighted by Crippen LogP contribution is 2.31. The third-order valence-electron chi connectivity index (χ3n) is 4.21. The molecule has 0 spiro atoms. The molecule has 3 rings (SSSR count). The Hall–Kier alpha value is -2.87. The van der Waals surface area contributed by atoms with Gasteiger partial charge in [-0.3, -0.25) is 14.3 Å². The normalized spacial score (nSPS) is 11.8. The van der Waals surface area contributed by atoms with E-state index >= 15 is 0 Å². The lowest BCUT2D eigenvalue weighted by atomic mass is 10.2. The predicted molar refractivity (Wildman–Crippen MR) is 110 cm³/mol. The quantitative estimate of drug-likeness (QED) is 0.587. The molecule has 0 fully saturated rings. The molecule has 1 amide bonds. The fourth-order valence-electron chi connectivity index (χ4n) is 2.60. The molecular formula is C20H23N5O2S. The Labute approximate surface area is 168 Å². The van der Waals surface area contributed by atoms with Gasteiger partial charge in [0.2, 0.25) is 5.91 Å². The van der Waals surface area contributed by atoms with Gasteiger partial charge in [-0.15, -0.1) is 10.2 Å². The monoisotopic (exact) mass is 397 g/mol. The number of aromatic nitrogens is 4. The molecule has 0 aliphatic carbocycles. The van der Waals surface area contributed by atoms with Gasteiger partial charge in [-0.2, -0.15) is 0 Å². The summed E-state index contributed by atoms with van der Waals surface area (Å²) in [5.74, 6) is 1.49. The van der Waals surface area contributed by atoms with E-state index in [-0.39, 0.29) is 17.7 Å². The highest BCUT2D eigenvalue weighted by Gasteiger charge is 2.20. The number of para-hydroxylation sites is 2. The van der Waals surface area contributed by atoms with Gasteiger partial charge in [-0.05, 0) is 37.6 Å². The maximum Gasteiger partial charge on any atom is 0.230 e. The second kappa shape index (κ2) is 9.36. The first-order valence-corrected chi connectivity index (χ1v) is 10.0. The molecule has 1 aromatic carbocycles. The standard InChI is InChI=1S/C20H23N5O2S/c1-4-14(2)22-18(26)13-28-20-24-23-19(15-9-7-8-12-21-15)25(20)16-10-5-6-11-17(16)27-3/h5-12,14H,4,13H2,1-3H3,(H,22,26). The Morgan fingerprint density at radius 2 is 2.00 bits per heavy atom. The number of thioether (sulfide) groups is 1. The van der Waals surface area contributed by atoms with Crippen LogP contribution in [-0.2, 0) is 4.79 Å². The molecule has 0 bridgehead atoms. The van der Waals surface area contributed by atoms with E-state index in [9.17, 15) is 4.79 Å². The van der Waals surface area contributed by atoms with Gasteiger partial charge in [0.25, 0.3) is 0 Å². The number of ether oxygens (including phenoxy) is 1. The lowest BCUT2D eigenvalue weighted by Gasteiger charge is -2.14. The number of hydrogen-bond acceptors (Lipinski definition) is 6. The van der Waals surface area contributed by atoms with Crippen LogP contribution in [0, 0.1) is 0 Å². The van der Waals surface area contributed by atoms with Crippen molar-refractivity contribution < 1.29 is 9.53 Å². The van der Waals surface area contributed by atoms with Gasteiger partial charge in [-0.25, -0.2) is 0 Å². The first kappa shape index (κ1) is 19.9. The van der Waals surface area contributed by atoms with Gasteiger partial charge in [-0.1, -0.05) is 36.9 Å². The Morgan fingerprint density at radius 1 is 1.21 bits per heavy atom. The number of benzene rings is 1. The topological polar surface area (TPSA) is 81.9 Å². The molecule has 8 heteroatoms. The fraction of sp³-hybridized carbons (Fsp3) is 0.300. The van der Waals surface area contributed by atoms with E-state index in [0.717, 1.165) is 12.1 Å². The summed E-state index contributed by atoms with van der Waals surface area (Å²) in [4.78, 5) is 16.6. The van der Waals surface area contributed by atoms with Crippen LogP contribution in [0.1, 0.15) is 20.3 Å². The summed E-state index contributed by atoms with van der Waals surface area (Å²) in [7, 11) is 1.62. The Balaban J connectivity index is 1.97. The van der Waals surface area contributed by atoms with E-state index in [1.165, 1.54) is 11.8 Å². The van der Waals surface area contributed by atoms with Crippen molar-refractivity contribution in [3.05, 3.63) is 48.7 Å². The molecule has 1 unspecified atom stereocenters. The molecule has 7 nitrogen and oxygen atoms in total. The van der Waals surface area contributed by atoms with Crippen LogP contribution in [-0.4, -0.2) is 44.6 Å². The van der Waals surface area contributed by atoms with Crippen molar-refractivity contribution >= 4 is 17.7 Å². The maximum atomic E-state index is 12.2. The van der Waals surface area contributed by atoms with Gasteiger partial charge in [0.15, 0.2) is 11.0 Å². The number of methoxy groups -OCH3 is 1. The van der Waals surface area contributed by atoms with Crippen LogP contribution in [0.5, 0.6) is 5.75 Å². The van der Waals surface area contributed by atoms with E-state index in [1.807, 2.05) is 60.9 Å². The summed E-state index contributed by atoms with van der Waals surface area (Å²) in [5, 5.41) is 12.2. The zero-order valence-electron chi connectivity index (χ0n) is 16.1. The van der Waals surface area contributed by atoms with E-state index in [0.29, 0.717) is 22.4 Å². The van der Waals surface area contributed by atoms with E-state index in [1.54, 1.807) is 13.3 Å². The summed E-state index contributed by atoms with van der Waals surface area (Å²) in [5.41, 5.74) is 1.48. The molecule has 0 aliphatic heterocycles. The number of amides is 1. The number of carbonyl (C=O) groups excluding carboxylic acids is 1. The largest absolute Gasteiger partial charge is 0.495 e. The Kier molecular flexibility index (Phi) is 6.65. The van der Waals surface area contributed by atoms with Crippen LogP contribution in [0.15, 0.2) is 53.8 Å². The van der Waals surface area contributed by atoms with Crippen LogP contribution in [0.2, 0.25) is 0 Å². The summed E-state index contributed by atoms with van der Waals surface area (Å²) in [6, 6.07) is 13.4. The van der Waals surface area contributed by atoms with Crippen molar-refractivity contribution in [3.63, 3.8) is 0 Å². The van der Waals surface area contributed by atoms with Crippen molar-refractivity contribution in [2.45, 2.75) is 31.5 Å². The lowest BCUT2D eigenvalue weighted by Crippen LogP contribution is -2.33. The number of rotatable bonds is 8. The molecule has 146 valence electrons. The van der Waals surface area contributed by atoms with Crippen LogP contribution < -0.4 is 10.1 Å². The first-order chi connectivity index (χ1) is 13.6. The van der Waals surface area contributed by atoms with Crippen molar-refractivity contribution in [3.8, 4) is 23.0 Å². The van der Waals surface area contributed by atoms with Crippen LogP contribution in [0.3, 0.4) is 0 Å². The maximum absolute atomic E-state index is 12.2. The van der Waals surface area contributed by atoms with Gasteiger partial charge in [0, 0.05) is 12.2 Å². The zero-order chi connectivity index (χ0) is 19.9. The van der Waals surface area contributed by atoms with Crippen molar-refractivity contribution in [2.24, 2.45) is 0 Å². The predicted octanol–water partition coefficient (Wildman–Crippen LogP) is 3.34. The zero-order valence-corrected chi connectivity index (χ0v) is 16.9. The molecular weight excluding hydrogens is 374 g/mol. The molecule has 0 saturated carbocycles. The minimum absolute atomic E-state index is 0.0340. The summed E-state index contributed by atoms with van der Waals surface area (Å²) >= 11 is 1.33. The summed E-state index contributed by atoms with van der Waals surface area (Å²) < 4.78 is 7.40.